The quantitative estimate of drug-likeness (QED) is 0.534. The summed E-state index contributed by atoms with van der Waals surface area (Å²) in [4.78, 5) is 32.9. The maximum atomic E-state index is 11.6. The largest absolute Gasteiger partial charge is 0.462 e. The third-order valence-electron chi connectivity index (χ3n) is 3.71. The SMILES string of the molecule is CCOC(=O)c1ccc(Oc2cncc(NCCCN(C)C(C)=O)n2)cc1. The van der Waals surface area contributed by atoms with E-state index in [0.29, 0.717) is 42.7 Å². The lowest BCUT2D eigenvalue weighted by molar-refractivity contribution is -0.127. The van der Waals surface area contributed by atoms with Gasteiger partial charge in [0, 0.05) is 27.1 Å². The fourth-order valence-corrected chi connectivity index (χ4v) is 2.17. The van der Waals surface area contributed by atoms with Gasteiger partial charge in [-0.3, -0.25) is 9.78 Å². The van der Waals surface area contributed by atoms with Gasteiger partial charge in [0.15, 0.2) is 0 Å². The van der Waals surface area contributed by atoms with Crippen molar-refractivity contribution in [3.63, 3.8) is 0 Å². The highest BCUT2D eigenvalue weighted by molar-refractivity contribution is 5.89. The molecule has 0 atom stereocenters. The Bertz CT molecular complexity index is 765. The van der Waals surface area contributed by atoms with E-state index in [1.54, 1.807) is 56.3 Å². The van der Waals surface area contributed by atoms with E-state index in [2.05, 4.69) is 15.3 Å². The van der Waals surface area contributed by atoms with Crippen LogP contribution in [0.3, 0.4) is 0 Å². The molecule has 0 bridgehead atoms. The van der Waals surface area contributed by atoms with Gasteiger partial charge >= 0.3 is 5.97 Å². The molecular weight excluding hydrogens is 348 g/mol. The summed E-state index contributed by atoms with van der Waals surface area (Å²) in [6.45, 7) is 4.95. The van der Waals surface area contributed by atoms with Crippen LogP contribution in [0, 0.1) is 0 Å². The Hall–Kier alpha value is -3.16. The molecule has 1 heterocycles. The van der Waals surface area contributed by atoms with Crippen LogP contribution in [-0.4, -0.2) is 53.5 Å². The van der Waals surface area contributed by atoms with Gasteiger partial charge in [-0.2, -0.15) is 4.98 Å². The zero-order valence-electron chi connectivity index (χ0n) is 15.8. The Balaban J connectivity index is 1.88. The molecule has 2 aromatic rings. The molecule has 144 valence electrons. The van der Waals surface area contributed by atoms with Crippen LogP contribution < -0.4 is 10.1 Å². The van der Waals surface area contributed by atoms with Crippen LogP contribution in [0.1, 0.15) is 30.6 Å². The molecule has 0 spiro atoms. The molecule has 0 fully saturated rings. The number of carbonyl (C=O) groups excluding carboxylic acids is 2. The zero-order chi connectivity index (χ0) is 19.6. The van der Waals surface area contributed by atoms with E-state index in [4.69, 9.17) is 9.47 Å². The zero-order valence-corrected chi connectivity index (χ0v) is 15.8. The summed E-state index contributed by atoms with van der Waals surface area (Å²) in [6, 6.07) is 6.61. The Morgan fingerprint density at radius 2 is 1.93 bits per heavy atom. The molecule has 0 saturated carbocycles. The van der Waals surface area contributed by atoms with Crippen LogP contribution >= 0.6 is 0 Å². The maximum Gasteiger partial charge on any atom is 0.338 e. The van der Waals surface area contributed by atoms with Gasteiger partial charge in [0.25, 0.3) is 0 Å². The molecule has 2 rings (SSSR count). The van der Waals surface area contributed by atoms with E-state index < -0.39 is 0 Å². The van der Waals surface area contributed by atoms with Crippen molar-refractivity contribution >= 4 is 17.7 Å². The predicted octanol–water partition coefficient (Wildman–Crippen LogP) is 2.73. The average molecular weight is 372 g/mol. The van der Waals surface area contributed by atoms with Crippen LogP contribution in [0.4, 0.5) is 5.82 Å². The maximum absolute atomic E-state index is 11.6. The standard InChI is InChI=1S/C19H24N4O4/c1-4-26-19(25)15-6-8-16(9-7-15)27-18-13-20-12-17(22-18)21-10-5-11-23(3)14(2)24/h6-9,12-13H,4-5,10-11H2,1-3H3,(H,21,22). The summed E-state index contributed by atoms with van der Waals surface area (Å²) < 4.78 is 10.6. The lowest BCUT2D eigenvalue weighted by Crippen LogP contribution is -2.26. The summed E-state index contributed by atoms with van der Waals surface area (Å²) in [5.74, 6) is 1.13. The van der Waals surface area contributed by atoms with Crippen molar-refractivity contribution in [2.45, 2.75) is 20.3 Å². The first kappa shape index (κ1) is 20.2. The van der Waals surface area contributed by atoms with Gasteiger partial charge in [0.2, 0.25) is 11.8 Å². The number of anilines is 1. The van der Waals surface area contributed by atoms with E-state index in [-0.39, 0.29) is 11.9 Å². The minimum absolute atomic E-state index is 0.0409. The van der Waals surface area contributed by atoms with E-state index >= 15 is 0 Å². The van der Waals surface area contributed by atoms with Crippen molar-refractivity contribution in [1.29, 1.82) is 0 Å². The van der Waals surface area contributed by atoms with E-state index in [1.165, 1.54) is 6.20 Å². The third kappa shape index (κ3) is 6.58. The van der Waals surface area contributed by atoms with E-state index in [9.17, 15) is 9.59 Å². The Labute approximate surface area is 158 Å². The summed E-state index contributed by atoms with van der Waals surface area (Å²) in [5, 5.41) is 3.15. The Morgan fingerprint density at radius 3 is 2.59 bits per heavy atom. The number of benzene rings is 1. The molecule has 0 radical (unpaired) electrons. The van der Waals surface area contributed by atoms with Gasteiger partial charge in [-0.15, -0.1) is 0 Å². The van der Waals surface area contributed by atoms with Crippen molar-refractivity contribution in [3.8, 4) is 11.6 Å². The molecule has 1 aromatic heterocycles. The number of hydrogen-bond acceptors (Lipinski definition) is 7. The third-order valence-corrected chi connectivity index (χ3v) is 3.71. The molecule has 1 amide bonds. The van der Waals surface area contributed by atoms with Crippen LogP contribution in [-0.2, 0) is 9.53 Å². The molecule has 0 saturated heterocycles. The van der Waals surface area contributed by atoms with Gasteiger partial charge in [0.05, 0.1) is 24.6 Å². The lowest BCUT2D eigenvalue weighted by atomic mass is 10.2. The van der Waals surface area contributed by atoms with Crippen molar-refractivity contribution in [1.82, 2.24) is 14.9 Å². The minimum Gasteiger partial charge on any atom is -0.462 e. The van der Waals surface area contributed by atoms with Gasteiger partial charge in [-0.1, -0.05) is 0 Å². The molecule has 0 aliphatic carbocycles. The monoisotopic (exact) mass is 372 g/mol. The van der Waals surface area contributed by atoms with Crippen molar-refractivity contribution in [2.75, 3.05) is 32.1 Å². The van der Waals surface area contributed by atoms with Crippen LogP contribution in [0.5, 0.6) is 11.6 Å². The van der Waals surface area contributed by atoms with Crippen molar-refractivity contribution in [2.24, 2.45) is 0 Å². The molecule has 27 heavy (non-hydrogen) atoms. The fourth-order valence-electron chi connectivity index (χ4n) is 2.17. The minimum atomic E-state index is -0.370. The molecule has 1 N–H and O–H groups in total. The van der Waals surface area contributed by atoms with Gasteiger partial charge in [-0.05, 0) is 37.6 Å². The molecule has 0 aliphatic heterocycles. The fraction of sp³-hybridized carbons (Fsp3) is 0.368. The second kappa shape index (κ2) is 10.1. The van der Waals surface area contributed by atoms with E-state index in [0.717, 1.165) is 6.42 Å². The lowest BCUT2D eigenvalue weighted by Gasteiger charge is -2.14. The number of aromatic nitrogens is 2. The second-order valence-electron chi connectivity index (χ2n) is 5.81. The smallest absolute Gasteiger partial charge is 0.338 e. The molecular formula is C19H24N4O4. The van der Waals surface area contributed by atoms with Crippen LogP contribution in [0.25, 0.3) is 0 Å². The molecule has 0 unspecified atom stereocenters. The van der Waals surface area contributed by atoms with Gasteiger partial charge < -0.3 is 19.7 Å². The second-order valence-corrected chi connectivity index (χ2v) is 5.81. The highest BCUT2D eigenvalue weighted by atomic mass is 16.5. The number of rotatable bonds is 9. The Morgan fingerprint density at radius 1 is 1.19 bits per heavy atom. The summed E-state index contributed by atoms with van der Waals surface area (Å²) in [5.41, 5.74) is 0.459. The van der Waals surface area contributed by atoms with Crippen molar-refractivity contribution in [3.05, 3.63) is 42.2 Å². The molecule has 0 aliphatic rings. The van der Waals surface area contributed by atoms with E-state index in [1.807, 2.05) is 0 Å². The normalized spacial score (nSPS) is 10.2. The first-order chi connectivity index (χ1) is 13.0. The number of amides is 1. The predicted molar refractivity (Wildman–Crippen MR) is 101 cm³/mol. The van der Waals surface area contributed by atoms with Gasteiger partial charge in [0.1, 0.15) is 11.6 Å². The summed E-state index contributed by atoms with van der Waals surface area (Å²) in [6.07, 6.45) is 3.90. The topological polar surface area (TPSA) is 93.7 Å². The highest BCUT2D eigenvalue weighted by Gasteiger charge is 2.07. The number of nitrogens with zero attached hydrogens (tertiary/aromatic N) is 3. The summed E-state index contributed by atoms with van der Waals surface area (Å²) >= 11 is 0. The molecule has 8 heteroatoms. The van der Waals surface area contributed by atoms with Gasteiger partial charge in [-0.25, -0.2) is 4.79 Å². The first-order valence-corrected chi connectivity index (χ1v) is 8.72. The average Bonchev–Trinajstić information content (AvgIpc) is 2.66. The molecule has 1 aromatic carbocycles. The van der Waals surface area contributed by atoms with Crippen LogP contribution in [0.15, 0.2) is 36.7 Å². The first-order valence-electron chi connectivity index (χ1n) is 8.72. The summed E-state index contributed by atoms with van der Waals surface area (Å²) in [7, 11) is 1.77. The number of carbonyl (C=O) groups is 2. The van der Waals surface area contributed by atoms with Crippen LogP contribution in [0.2, 0.25) is 0 Å². The molecule has 8 nitrogen and oxygen atoms in total. The number of hydrogen-bond donors (Lipinski definition) is 1. The number of nitrogens with one attached hydrogen (secondary N) is 1. The number of esters is 1. The number of ether oxygens (including phenoxy) is 2. The highest BCUT2D eigenvalue weighted by Crippen LogP contribution is 2.20. The van der Waals surface area contributed by atoms with Crippen molar-refractivity contribution < 1.29 is 19.1 Å². The Kier molecular flexibility index (Phi) is 7.54.